The number of nitrogens with zero attached hydrogens (tertiary/aromatic N) is 1. The van der Waals surface area contributed by atoms with E-state index in [1.54, 1.807) is 13.0 Å². The molecule has 1 aromatic heterocycles. The third-order valence-electron chi connectivity index (χ3n) is 4.04. The van der Waals surface area contributed by atoms with Crippen LogP contribution in [0.15, 0.2) is 45.9 Å². The topological polar surface area (TPSA) is 102 Å². The second-order valence-corrected chi connectivity index (χ2v) is 6.19. The molecule has 0 unspecified atom stereocenters. The Morgan fingerprint density at radius 1 is 1.07 bits per heavy atom. The van der Waals surface area contributed by atoms with E-state index in [1.165, 1.54) is 14.2 Å². The lowest BCUT2D eigenvalue weighted by Gasteiger charge is -2.10. The van der Waals surface area contributed by atoms with Crippen LogP contribution in [0.3, 0.4) is 0 Å². The second kappa shape index (κ2) is 8.53. The predicted molar refractivity (Wildman–Crippen MR) is 107 cm³/mol. The van der Waals surface area contributed by atoms with Crippen LogP contribution in [0.25, 0.3) is 21.9 Å². The SMILES string of the molecule is COCC(=O)NN=C(C)CC(=O)Nc1cc2oc3ccccc3c2cc1OC. The summed E-state index contributed by atoms with van der Waals surface area (Å²) < 4.78 is 16.0. The third-order valence-corrected chi connectivity index (χ3v) is 4.04. The number of nitrogens with one attached hydrogen (secondary N) is 2. The number of anilines is 1. The molecule has 8 heteroatoms. The predicted octanol–water partition coefficient (Wildman–Crippen LogP) is 3.06. The van der Waals surface area contributed by atoms with Crippen LogP contribution in [0.5, 0.6) is 5.75 Å². The van der Waals surface area contributed by atoms with Gasteiger partial charge >= 0.3 is 0 Å². The summed E-state index contributed by atoms with van der Waals surface area (Å²) in [5.74, 6) is -0.161. The Morgan fingerprint density at radius 3 is 2.61 bits per heavy atom. The Morgan fingerprint density at radius 2 is 1.86 bits per heavy atom. The molecule has 0 atom stereocenters. The Balaban J connectivity index is 1.77. The Labute approximate surface area is 161 Å². The Hall–Kier alpha value is -3.39. The van der Waals surface area contributed by atoms with Crippen LogP contribution in [-0.2, 0) is 14.3 Å². The molecule has 1 heterocycles. The molecule has 2 aromatic carbocycles. The summed E-state index contributed by atoms with van der Waals surface area (Å²) in [6.45, 7) is 1.55. The van der Waals surface area contributed by atoms with E-state index in [9.17, 15) is 9.59 Å². The number of fused-ring (bicyclic) bond motifs is 3. The smallest absolute Gasteiger partial charge is 0.266 e. The van der Waals surface area contributed by atoms with Gasteiger partial charge in [0.2, 0.25) is 5.91 Å². The van der Waals surface area contributed by atoms with Crippen LogP contribution in [0.4, 0.5) is 5.69 Å². The van der Waals surface area contributed by atoms with Gasteiger partial charge < -0.3 is 19.2 Å². The molecule has 0 radical (unpaired) electrons. The van der Waals surface area contributed by atoms with Gasteiger partial charge in [0, 0.05) is 29.7 Å². The molecule has 0 aliphatic heterocycles. The molecule has 0 fully saturated rings. The summed E-state index contributed by atoms with van der Waals surface area (Å²) in [6.07, 6.45) is 0.00852. The lowest BCUT2D eigenvalue weighted by Crippen LogP contribution is -2.24. The number of ether oxygens (including phenoxy) is 2. The van der Waals surface area contributed by atoms with E-state index >= 15 is 0 Å². The standard InChI is InChI=1S/C20H21N3O5/c1-12(22-23-20(25)11-26-2)8-19(24)21-15-10-17-14(9-18(15)27-3)13-6-4-5-7-16(13)28-17/h4-7,9-10H,8,11H2,1-3H3,(H,21,24)(H,23,25). The van der Waals surface area contributed by atoms with Gasteiger partial charge in [-0.2, -0.15) is 5.10 Å². The van der Waals surface area contributed by atoms with Crippen LogP contribution in [0, 0.1) is 0 Å². The molecule has 0 spiro atoms. The minimum Gasteiger partial charge on any atom is -0.495 e. The fourth-order valence-corrected chi connectivity index (χ4v) is 2.81. The Kier molecular flexibility index (Phi) is 5.90. The quantitative estimate of drug-likeness (QED) is 0.482. The van der Waals surface area contributed by atoms with Gasteiger partial charge in [0.15, 0.2) is 0 Å². The molecule has 3 aromatic rings. The van der Waals surface area contributed by atoms with Crippen molar-refractivity contribution in [1.82, 2.24) is 5.43 Å². The molecule has 2 N–H and O–H groups in total. The number of para-hydroxylation sites is 1. The number of amides is 2. The van der Waals surface area contributed by atoms with Crippen molar-refractivity contribution in [3.05, 3.63) is 36.4 Å². The average Bonchev–Trinajstić information content (AvgIpc) is 3.03. The van der Waals surface area contributed by atoms with Gasteiger partial charge in [-0.05, 0) is 19.1 Å². The Bertz CT molecular complexity index is 1050. The zero-order valence-electron chi connectivity index (χ0n) is 15.9. The molecule has 0 saturated heterocycles. The van der Waals surface area contributed by atoms with E-state index in [0.717, 1.165) is 16.4 Å². The number of hydrogen-bond acceptors (Lipinski definition) is 6. The van der Waals surface area contributed by atoms with Crippen LogP contribution < -0.4 is 15.5 Å². The van der Waals surface area contributed by atoms with E-state index < -0.39 is 0 Å². The molecular weight excluding hydrogens is 362 g/mol. The minimum absolute atomic E-state index is 0.00852. The molecule has 0 aliphatic rings. The molecule has 2 amide bonds. The lowest BCUT2D eigenvalue weighted by atomic mass is 10.1. The summed E-state index contributed by atoms with van der Waals surface area (Å²) in [5, 5.41) is 8.55. The normalized spacial score (nSPS) is 11.6. The maximum atomic E-state index is 12.4. The first-order valence-electron chi connectivity index (χ1n) is 8.62. The van der Waals surface area contributed by atoms with E-state index in [1.807, 2.05) is 30.3 Å². The zero-order valence-corrected chi connectivity index (χ0v) is 15.9. The number of benzene rings is 2. The van der Waals surface area contributed by atoms with Gasteiger partial charge in [-0.15, -0.1) is 0 Å². The highest BCUT2D eigenvalue weighted by Gasteiger charge is 2.14. The number of carbonyl (C=O) groups is 2. The van der Waals surface area contributed by atoms with E-state index in [4.69, 9.17) is 13.9 Å². The summed E-state index contributed by atoms with van der Waals surface area (Å²) in [5.41, 5.74) is 4.67. The largest absolute Gasteiger partial charge is 0.495 e. The van der Waals surface area contributed by atoms with E-state index in [0.29, 0.717) is 22.7 Å². The van der Waals surface area contributed by atoms with Gasteiger partial charge in [-0.25, -0.2) is 5.43 Å². The highest BCUT2D eigenvalue weighted by molar-refractivity contribution is 6.10. The number of hydrogen-bond donors (Lipinski definition) is 2. The summed E-state index contributed by atoms with van der Waals surface area (Å²) in [4.78, 5) is 23.7. The second-order valence-electron chi connectivity index (χ2n) is 6.19. The minimum atomic E-state index is -0.390. The molecule has 0 bridgehead atoms. The highest BCUT2D eigenvalue weighted by Crippen LogP contribution is 2.36. The first-order chi connectivity index (χ1) is 13.5. The van der Waals surface area contributed by atoms with Gasteiger partial charge in [0.25, 0.3) is 5.91 Å². The van der Waals surface area contributed by atoms with Crippen molar-refractivity contribution < 1.29 is 23.5 Å². The van der Waals surface area contributed by atoms with Gasteiger partial charge in [0.1, 0.15) is 23.5 Å². The molecule has 28 heavy (non-hydrogen) atoms. The van der Waals surface area contributed by atoms with Crippen molar-refractivity contribution in [1.29, 1.82) is 0 Å². The lowest BCUT2D eigenvalue weighted by molar-refractivity contribution is -0.124. The van der Waals surface area contributed by atoms with Crippen LogP contribution in [0.1, 0.15) is 13.3 Å². The van der Waals surface area contributed by atoms with Crippen LogP contribution in [0.2, 0.25) is 0 Å². The molecule has 0 aliphatic carbocycles. The van der Waals surface area contributed by atoms with Crippen LogP contribution >= 0.6 is 0 Å². The fraction of sp³-hybridized carbons (Fsp3) is 0.250. The van der Waals surface area contributed by atoms with Crippen molar-refractivity contribution in [3.63, 3.8) is 0 Å². The number of hydrazone groups is 1. The third kappa shape index (κ3) is 4.29. The van der Waals surface area contributed by atoms with Gasteiger partial charge in [-0.3, -0.25) is 9.59 Å². The molecule has 146 valence electrons. The molecule has 0 saturated carbocycles. The monoisotopic (exact) mass is 383 g/mol. The zero-order chi connectivity index (χ0) is 20.1. The highest BCUT2D eigenvalue weighted by atomic mass is 16.5. The fourth-order valence-electron chi connectivity index (χ4n) is 2.81. The van der Waals surface area contributed by atoms with Crippen molar-refractivity contribution >= 4 is 45.2 Å². The molecule has 8 nitrogen and oxygen atoms in total. The first-order valence-corrected chi connectivity index (χ1v) is 8.62. The number of rotatable bonds is 7. The van der Waals surface area contributed by atoms with E-state index in [2.05, 4.69) is 15.8 Å². The van der Waals surface area contributed by atoms with Crippen molar-refractivity contribution in [2.45, 2.75) is 13.3 Å². The first kappa shape index (κ1) is 19.4. The van der Waals surface area contributed by atoms with Gasteiger partial charge in [-0.1, -0.05) is 18.2 Å². The number of furan rings is 1. The van der Waals surface area contributed by atoms with E-state index in [-0.39, 0.29) is 24.8 Å². The number of methoxy groups -OCH3 is 2. The average molecular weight is 383 g/mol. The maximum Gasteiger partial charge on any atom is 0.266 e. The number of carbonyl (C=O) groups excluding carboxylic acids is 2. The molecular formula is C20H21N3O5. The molecule has 3 rings (SSSR count). The van der Waals surface area contributed by atoms with Crippen molar-refractivity contribution in [2.24, 2.45) is 5.10 Å². The maximum absolute atomic E-state index is 12.4. The van der Waals surface area contributed by atoms with Crippen LogP contribution in [-0.4, -0.2) is 38.4 Å². The summed E-state index contributed by atoms with van der Waals surface area (Å²) in [7, 11) is 2.95. The summed E-state index contributed by atoms with van der Waals surface area (Å²) >= 11 is 0. The van der Waals surface area contributed by atoms with Crippen molar-refractivity contribution in [3.8, 4) is 5.75 Å². The van der Waals surface area contributed by atoms with Crippen molar-refractivity contribution in [2.75, 3.05) is 26.1 Å². The van der Waals surface area contributed by atoms with Gasteiger partial charge in [0.05, 0.1) is 19.2 Å². The summed E-state index contributed by atoms with van der Waals surface area (Å²) in [6, 6.07) is 11.3.